The Balaban J connectivity index is 1.95. The number of benzene rings is 2. The lowest BCUT2D eigenvalue weighted by Crippen LogP contribution is -2.30. The number of carbonyl (C=O) groups is 1. The Bertz CT molecular complexity index is 1160. The molecule has 5 nitrogen and oxygen atoms in total. The number of carbonyl (C=O) groups excluding carboxylic acids is 1. The summed E-state index contributed by atoms with van der Waals surface area (Å²) in [5.74, 6) is -0.177. The van der Waals surface area contributed by atoms with Crippen molar-refractivity contribution in [3.63, 3.8) is 0 Å². The van der Waals surface area contributed by atoms with E-state index in [9.17, 15) is 9.90 Å². The number of aromatic nitrogens is 2. The van der Waals surface area contributed by atoms with Crippen LogP contribution in [0.3, 0.4) is 0 Å². The molecule has 26 heavy (non-hydrogen) atoms. The average Bonchev–Trinajstić information content (AvgIpc) is 2.92. The molecule has 132 valence electrons. The van der Waals surface area contributed by atoms with E-state index in [1.165, 1.54) is 16.5 Å². The van der Waals surface area contributed by atoms with Crippen LogP contribution >= 0.6 is 0 Å². The third-order valence-electron chi connectivity index (χ3n) is 4.97. The molecule has 4 rings (SSSR count). The molecule has 0 fully saturated rings. The molecule has 2 aromatic carbocycles. The first-order chi connectivity index (χ1) is 12.5. The van der Waals surface area contributed by atoms with Crippen molar-refractivity contribution in [3.8, 4) is 0 Å². The highest BCUT2D eigenvalue weighted by molar-refractivity contribution is 6.15. The second-order valence-electron chi connectivity index (χ2n) is 6.84. The summed E-state index contributed by atoms with van der Waals surface area (Å²) in [6, 6.07) is 9.92. The zero-order chi connectivity index (χ0) is 18.4. The summed E-state index contributed by atoms with van der Waals surface area (Å²) in [4.78, 5) is 16.6. The van der Waals surface area contributed by atoms with Gasteiger partial charge in [0.25, 0.3) is 5.91 Å². The van der Waals surface area contributed by atoms with Crippen molar-refractivity contribution in [3.05, 3.63) is 53.9 Å². The monoisotopic (exact) mass is 347 g/mol. The van der Waals surface area contributed by atoms with Gasteiger partial charge in [0.1, 0.15) is 0 Å². The number of aliphatic hydroxyl groups is 1. The zero-order valence-electron chi connectivity index (χ0n) is 15.1. The normalized spacial score (nSPS) is 12.8. The highest BCUT2D eigenvalue weighted by Crippen LogP contribution is 2.35. The molecule has 2 heterocycles. The van der Waals surface area contributed by atoms with Crippen molar-refractivity contribution in [2.75, 3.05) is 6.54 Å². The Morgan fingerprint density at radius 3 is 2.81 bits per heavy atom. The van der Waals surface area contributed by atoms with Gasteiger partial charge in [0.05, 0.1) is 11.6 Å². The zero-order valence-corrected chi connectivity index (χ0v) is 15.1. The molecule has 1 atom stereocenters. The van der Waals surface area contributed by atoms with Crippen LogP contribution in [-0.4, -0.2) is 33.2 Å². The predicted molar refractivity (Wildman–Crippen MR) is 104 cm³/mol. The van der Waals surface area contributed by atoms with E-state index in [1.807, 2.05) is 36.7 Å². The van der Waals surface area contributed by atoms with E-state index in [1.54, 1.807) is 6.92 Å². The topological polar surface area (TPSA) is 67.2 Å². The number of aryl methyl sites for hydroxylation is 2. The van der Waals surface area contributed by atoms with E-state index in [4.69, 9.17) is 0 Å². The van der Waals surface area contributed by atoms with E-state index >= 15 is 0 Å². The average molecular weight is 347 g/mol. The lowest BCUT2D eigenvalue weighted by Gasteiger charge is -2.07. The summed E-state index contributed by atoms with van der Waals surface area (Å²) in [6.45, 7) is 4.01. The van der Waals surface area contributed by atoms with Crippen molar-refractivity contribution in [1.29, 1.82) is 0 Å². The Hall–Kier alpha value is -2.92. The summed E-state index contributed by atoms with van der Waals surface area (Å²) in [6.07, 6.45) is 3.12. The molecule has 4 aromatic rings. The molecule has 1 amide bonds. The Kier molecular flexibility index (Phi) is 3.89. The highest BCUT2D eigenvalue weighted by atomic mass is 16.3. The molecule has 2 N–H and O–H groups in total. The molecule has 0 aliphatic rings. The number of rotatable bonds is 3. The third kappa shape index (κ3) is 2.52. The van der Waals surface area contributed by atoms with Crippen LogP contribution in [-0.2, 0) is 7.05 Å². The highest BCUT2D eigenvalue weighted by Gasteiger charge is 2.15. The van der Waals surface area contributed by atoms with Crippen LogP contribution in [0.1, 0.15) is 22.8 Å². The lowest BCUT2D eigenvalue weighted by atomic mass is 10.0. The van der Waals surface area contributed by atoms with Crippen LogP contribution in [0.5, 0.6) is 0 Å². The molecule has 0 spiro atoms. The van der Waals surface area contributed by atoms with E-state index < -0.39 is 6.10 Å². The fourth-order valence-electron chi connectivity index (χ4n) is 3.70. The van der Waals surface area contributed by atoms with Crippen LogP contribution in [0.2, 0.25) is 0 Å². The summed E-state index contributed by atoms with van der Waals surface area (Å²) >= 11 is 0. The molecular formula is C21H21N3O2. The van der Waals surface area contributed by atoms with E-state index in [0.29, 0.717) is 5.56 Å². The summed E-state index contributed by atoms with van der Waals surface area (Å²) < 4.78 is 2.18. The summed E-state index contributed by atoms with van der Waals surface area (Å²) in [7, 11) is 2.05. The molecule has 0 unspecified atom stereocenters. The Labute approximate surface area is 151 Å². The third-order valence-corrected chi connectivity index (χ3v) is 4.97. The number of hydrogen-bond acceptors (Lipinski definition) is 3. The van der Waals surface area contributed by atoms with Crippen LogP contribution in [0.15, 0.2) is 42.7 Å². The maximum absolute atomic E-state index is 12.4. The van der Waals surface area contributed by atoms with E-state index in [0.717, 1.165) is 21.7 Å². The van der Waals surface area contributed by atoms with Crippen LogP contribution < -0.4 is 5.32 Å². The minimum Gasteiger partial charge on any atom is -0.392 e. The Morgan fingerprint density at radius 1 is 1.23 bits per heavy atom. The van der Waals surface area contributed by atoms with E-state index in [-0.39, 0.29) is 12.5 Å². The van der Waals surface area contributed by atoms with Gasteiger partial charge < -0.3 is 15.0 Å². The first-order valence-electron chi connectivity index (χ1n) is 8.69. The van der Waals surface area contributed by atoms with Crippen molar-refractivity contribution in [1.82, 2.24) is 14.9 Å². The van der Waals surface area contributed by atoms with Crippen molar-refractivity contribution in [2.24, 2.45) is 7.05 Å². The quantitative estimate of drug-likeness (QED) is 0.597. The van der Waals surface area contributed by atoms with E-state index in [2.05, 4.69) is 34.9 Å². The van der Waals surface area contributed by atoms with Crippen LogP contribution in [0.25, 0.3) is 32.6 Å². The van der Waals surface area contributed by atoms with Gasteiger partial charge in [-0.3, -0.25) is 9.78 Å². The van der Waals surface area contributed by atoms with Gasteiger partial charge in [-0.2, -0.15) is 0 Å². The molecule has 0 saturated carbocycles. The SMILES string of the molecule is Cc1c2ccncc2cc2c3cc(C(=O)NC[C@@H](C)O)ccc3n(C)c12. The van der Waals surface area contributed by atoms with Gasteiger partial charge in [0.2, 0.25) is 0 Å². The number of aliphatic hydroxyl groups excluding tert-OH is 1. The molecule has 0 bridgehead atoms. The maximum Gasteiger partial charge on any atom is 0.251 e. The fourth-order valence-corrected chi connectivity index (χ4v) is 3.70. The van der Waals surface area contributed by atoms with Crippen LogP contribution in [0.4, 0.5) is 0 Å². The van der Waals surface area contributed by atoms with Gasteiger partial charge in [-0.1, -0.05) is 0 Å². The number of fused-ring (bicyclic) bond motifs is 4. The van der Waals surface area contributed by atoms with Crippen molar-refractivity contribution in [2.45, 2.75) is 20.0 Å². The van der Waals surface area contributed by atoms with Gasteiger partial charge in [0.15, 0.2) is 0 Å². The minimum absolute atomic E-state index is 0.177. The standard InChI is InChI=1S/C21H21N3O2/c1-12(25)10-23-21(26)14-4-5-19-17(8-14)18-9-15-11-22-7-6-16(15)13(2)20(18)24(19)3/h4-9,11-12,25H,10H2,1-3H3,(H,23,26)/t12-/m1/s1. The van der Waals surface area contributed by atoms with Gasteiger partial charge >= 0.3 is 0 Å². The molecule has 0 aliphatic heterocycles. The largest absolute Gasteiger partial charge is 0.392 e. The second kappa shape index (κ2) is 6.11. The number of nitrogens with one attached hydrogen (secondary N) is 1. The van der Waals surface area contributed by atoms with Crippen molar-refractivity contribution < 1.29 is 9.90 Å². The first-order valence-corrected chi connectivity index (χ1v) is 8.69. The predicted octanol–water partition coefficient (Wildman–Crippen LogP) is 3.30. The maximum atomic E-state index is 12.4. The van der Waals surface area contributed by atoms with Gasteiger partial charge in [-0.25, -0.2) is 0 Å². The van der Waals surface area contributed by atoms with Gasteiger partial charge in [-0.05, 0) is 55.1 Å². The molecule has 5 heteroatoms. The van der Waals surface area contributed by atoms with Gasteiger partial charge in [-0.15, -0.1) is 0 Å². The van der Waals surface area contributed by atoms with Crippen LogP contribution in [0, 0.1) is 6.92 Å². The summed E-state index contributed by atoms with van der Waals surface area (Å²) in [5, 5.41) is 16.6. The molecule has 2 aromatic heterocycles. The van der Waals surface area contributed by atoms with Gasteiger partial charge in [0, 0.05) is 53.2 Å². The first kappa shape index (κ1) is 16.5. The number of hydrogen-bond donors (Lipinski definition) is 2. The number of pyridine rings is 1. The second-order valence-corrected chi connectivity index (χ2v) is 6.84. The Morgan fingerprint density at radius 2 is 2.04 bits per heavy atom. The number of nitrogens with zero attached hydrogens (tertiary/aromatic N) is 2. The lowest BCUT2D eigenvalue weighted by molar-refractivity contribution is 0.0924. The smallest absolute Gasteiger partial charge is 0.251 e. The minimum atomic E-state index is -0.568. The molecular weight excluding hydrogens is 326 g/mol. The fraction of sp³-hybridized carbons (Fsp3) is 0.238. The molecule has 0 saturated heterocycles. The van der Waals surface area contributed by atoms with Crippen molar-refractivity contribution >= 4 is 38.5 Å². The summed E-state index contributed by atoms with van der Waals surface area (Å²) in [5.41, 5.74) is 4.05. The number of amides is 1. The molecule has 0 radical (unpaired) electrons. The molecule has 0 aliphatic carbocycles.